The molecule has 0 aromatic rings. The number of carbonyl (C=O) groups is 3. The Kier molecular flexibility index (Phi) is 6.87. The Morgan fingerprint density at radius 1 is 0.828 bits per heavy atom. The van der Waals surface area contributed by atoms with Crippen LogP contribution in [-0.2, 0) is 14.4 Å². The molecule has 7 nitrogen and oxygen atoms in total. The van der Waals surface area contributed by atoms with Crippen LogP contribution in [0, 0.1) is 5.41 Å². The quantitative estimate of drug-likeness (QED) is 0.714. The molecule has 3 aliphatic heterocycles. The van der Waals surface area contributed by atoms with E-state index in [0.717, 1.165) is 45.3 Å². The lowest BCUT2D eigenvalue weighted by Crippen LogP contribution is -2.56. The molecule has 29 heavy (non-hydrogen) atoms. The molecule has 3 aliphatic rings. The summed E-state index contributed by atoms with van der Waals surface area (Å²) < 4.78 is 0. The fourth-order valence-corrected chi connectivity index (χ4v) is 4.79. The molecule has 3 fully saturated rings. The van der Waals surface area contributed by atoms with Gasteiger partial charge in [-0.1, -0.05) is 20.8 Å². The summed E-state index contributed by atoms with van der Waals surface area (Å²) in [6.07, 6.45) is 5.05. The third-order valence-corrected chi connectivity index (χ3v) is 6.61. The van der Waals surface area contributed by atoms with E-state index in [1.54, 1.807) is 4.90 Å². The van der Waals surface area contributed by atoms with Crippen LogP contribution in [0.2, 0.25) is 0 Å². The maximum absolute atomic E-state index is 13.1. The fourth-order valence-electron chi connectivity index (χ4n) is 4.79. The monoisotopic (exact) mass is 406 g/mol. The van der Waals surface area contributed by atoms with Crippen LogP contribution in [0.15, 0.2) is 0 Å². The average Bonchev–Trinajstić information content (AvgIpc) is 3.16. The largest absolute Gasteiger partial charge is 0.339 e. The fraction of sp³-hybridized carbons (Fsp3) is 0.864. The summed E-state index contributed by atoms with van der Waals surface area (Å²) in [6, 6.07) is 0.0249. The molecule has 3 rings (SSSR count). The van der Waals surface area contributed by atoms with Gasteiger partial charge < -0.3 is 14.7 Å². The van der Waals surface area contributed by atoms with Crippen LogP contribution >= 0.6 is 0 Å². The highest BCUT2D eigenvalue weighted by molar-refractivity contribution is 5.90. The third kappa shape index (κ3) is 5.11. The van der Waals surface area contributed by atoms with Gasteiger partial charge in [-0.3, -0.25) is 19.3 Å². The molecule has 0 aliphatic carbocycles. The van der Waals surface area contributed by atoms with E-state index in [1.165, 1.54) is 6.42 Å². The number of hydrogen-bond acceptors (Lipinski definition) is 4. The third-order valence-electron chi connectivity index (χ3n) is 6.61. The highest BCUT2D eigenvalue weighted by atomic mass is 16.2. The predicted molar refractivity (Wildman–Crippen MR) is 112 cm³/mol. The Morgan fingerprint density at radius 3 is 2.10 bits per heavy atom. The van der Waals surface area contributed by atoms with Crippen LogP contribution in [0.3, 0.4) is 0 Å². The number of carbonyl (C=O) groups excluding carboxylic acids is 3. The van der Waals surface area contributed by atoms with Crippen LogP contribution in [0.4, 0.5) is 0 Å². The molecule has 0 aromatic heterocycles. The van der Waals surface area contributed by atoms with Crippen LogP contribution in [-0.4, -0.2) is 95.2 Å². The number of piperidine rings is 1. The Hall–Kier alpha value is -1.63. The van der Waals surface area contributed by atoms with Crippen LogP contribution in [0.5, 0.6) is 0 Å². The highest BCUT2D eigenvalue weighted by Crippen LogP contribution is 2.27. The van der Waals surface area contributed by atoms with Crippen molar-refractivity contribution in [2.45, 2.75) is 71.9 Å². The molecule has 3 amide bonds. The van der Waals surface area contributed by atoms with Crippen LogP contribution < -0.4 is 0 Å². The average molecular weight is 407 g/mol. The molecular weight excluding hydrogens is 368 g/mol. The SMILES string of the molecule is CC1CCCCN1C(=O)CN1CCN(C(=O)C2CCCN2C(=O)C(C)(C)C)CC1. The van der Waals surface area contributed by atoms with E-state index in [4.69, 9.17) is 0 Å². The second-order valence-corrected chi connectivity index (χ2v) is 9.94. The summed E-state index contributed by atoms with van der Waals surface area (Å²) in [7, 11) is 0. The number of nitrogens with zero attached hydrogens (tertiary/aromatic N) is 4. The van der Waals surface area contributed by atoms with Crippen molar-refractivity contribution in [3.8, 4) is 0 Å². The van der Waals surface area contributed by atoms with Gasteiger partial charge in [0, 0.05) is 50.7 Å². The highest BCUT2D eigenvalue weighted by Gasteiger charge is 2.40. The minimum Gasteiger partial charge on any atom is -0.339 e. The van der Waals surface area contributed by atoms with E-state index in [1.807, 2.05) is 30.6 Å². The Bertz CT molecular complexity index is 622. The summed E-state index contributed by atoms with van der Waals surface area (Å²) in [5.74, 6) is 0.360. The summed E-state index contributed by atoms with van der Waals surface area (Å²) in [5, 5.41) is 0. The van der Waals surface area contributed by atoms with Gasteiger partial charge in [0.25, 0.3) is 0 Å². The summed E-state index contributed by atoms with van der Waals surface area (Å²) >= 11 is 0. The molecule has 0 spiro atoms. The summed E-state index contributed by atoms with van der Waals surface area (Å²) in [4.78, 5) is 46.4. The smallest absolute Gasteiger partial charge is 0.245 e. The Labute approximate surface area is 175 Å². The van der Waals surface area contributed by atoms with Gasteiger partial charge in [-0.05, 0) is 39.0 Å². The molecule has 2 unspecified atom stereocenters. The van der Waals surface area contributed by atoms with E-state index in [9.17, 15) is 14.4 Å². The van der Waals surface area contributed by atoms with E-state index in [0.29, 0.717) is 32.2 Å². The number of amides is 3. The standard InChI is InChI=1S/C22H38N4O3/c1-17-8-5-6-10-25(17)19(27)16-23-12-14-24(15-13-23)20(28)18-9-7-11-26(18)21(29)22(2,3)4/h17-18H,5-16H2,1-4H3. The minimum absolute atomic E-state index is 0.0632. The first-order chi connectivity index (χ1) is 13.7. The van der Waals surface area contributed by atoms with Gasteiger partial charge in [0.15, 0.2) is 0 Å². The molecule has 3 heterocycles. The zero-order valence-electron chi connectivity index (χ0n) is 18.7. The van der Waals surface area contributed by atoms with E-state index < -0.39 is 5.41 Å². The first-order valence-electron chi connectivity index (χ1n) is 11.3. The van der Waals surface area contributed by atoms with Crippen LogP contribution in [0.25, 0.3) is 0 Å². The molecule has 0 bridgehead atoms. The van der Waals surface area contributed by atoms with Crippen molar-refractivity contribution in [1.82, 2.24) is 19.6 Å². The predicted octanol–water partition coefficient (Wildman–Crippen LogP) is 1.57. The van der Waals surface area contributed by atoms with Gasteiger partial charge in [-0.2, -0.15) is 0 Å². The first-order valence-corrected chi connectivity index (χ1v) is 11.3. The van der Waals surface area contributed by atoms with Crippen molar-refractivity contribution in [3.05, 3.63) is 0 Å². The molecule has 0 saturated carbocycles. The van der Waals surface area contributed by atoms with Crippen molar-refractivity contribution in [1.29, 1.82) is 0 Å². The number of piperazine rings is 1. The summed E-state index contributed by atoms with van der Waals surface area (Å²) in [6.45, 7) is 12.6. The second-order valence-electron chi connectivity index (χ2n) is 9.94. The van der Waals surface area contributed by atoms with E-state index >= 15 is 0 Å². The van der Waals surface area contributed by atoms with Crippen LogP contribution in [0.1, 0.15) is 59.8 Å². The van der Waals surface area contributed by atoms with Gasteiger partial charge in [0.2, 0.25) is 17.7 Å². The molecule has 0 aromatic carbocycles. The number of hydrogen-bond donors (Lipinski definition) is 0. The molecule has 3 saturated heterocycles. The maximum atomic E-state index is 13.1. The lowest BCUT2D eigenvalue weighted by Gasteiger charge is -2.39. The number of likely N-dealkylation sites (tertiary alicyclic amines) is 2. The molecule has 164 valence electrons. The topological polar surface area (TPSA) is 64.2 Å². The molecule has 0 N–H and O–H groups in total. The normalized spacial score (nSPS) is 26.7. The van der Waals surface area contributed by atoms with E-state index in [-0.39, 0.29) is 23.8 Å². The zero-order valence-corrected chi connectivity index (χ0v) is 18.7. The lowest BCUT2D eigenvalue weighted by atomic mass is 9.94. The van der Waals surface area contributed by atoms with E-state index in [2.05, 4.69) is 11.8 Å². The first kappa shape index (κ1) is 22.1. The minimum atomic E-state index is -0.465. The molecule has 0 radical (unpaired) electrons. The van der Waals surface area contributed by atoms with Crippen molar-refractivity contribution in [3.63, 3.8) is 0 Å². The molecule has 2 atom stereocenters. The van der Waals surface area contributed by atoms with Gasteiger partial charge in [-0.15, -0.1) is 0 Å². The molecular formula is C22H38N4O3. The van der Waals surface area contributed by atoms with Crippen molar-refractivity contribution in [2.24, 2.45) is 5.41 Å². The van der Waals surface area contributed by atoms with Gasteiger partial charge in [-0.25, -0.2) is 0 Å². The Balaban J connectivity index is 1.50. The van der Waals surface area contributed by atoms with Gasteiger partial charge in [0.1, 0.15) is 6.04 Å². The lowest BCUT2D eigenvalue weighted by molar-refractivity contribution is -0.149. The molecule has 7 heteroatoms. The van der Waals surface area contributed by atoms with Gasteiger partial charge >= 0.3 is 0 Å². The van der Waals surface area contributed by atoms with Crippen molar-refractivity contribution < 1.29 is 14.4 Å². The number of rotatable bonds is 3. The summed E-state index contributed by atoms with van der Waals surface area (Å²) in [5.41, 5.74) is -0.465. The van der Waals surface area contributed by atoms with Gasteiger partial charge in [0.05, 0.1) is 6.54 Å². The second kappa shape index (κ2) is 9.02. The van der Waals surface area contributed by atoms with Crippen molar-refractivity contribution >= 4 is 17.7 Å². The Morgan fingerprint density at radius 2 is 1.48 bits per heavy atom. The maximum Gasteiger partial charge on any atom is 0.245 e. The van der Waals surface area contributed by atoms with Crippen molar-refractivity contribution in [2.75, 3.05) is 45.8 Å². The zero-order chi connectivity index (χ0) is 21.2.